The molecule has 2 heterocycles. The van der Waals surface area contributed by atoms with Crippen molar-refractivity contribution in [1.29, 1.82) is 0 Å². The van der Waals surface area contributed by atoms with Crippen molar-refractivity contribution in [3.63, 3.8) is 0 Å². The van der Waals surface area contributed by atoms with E-state index in [9.17, 15) is 9.59 Å². The summed E-state index contributed by atoms with van der Waals surface area (Å²) < 4.78 is 11.1. The third-order valence-corrected chi connectivity index (χ3v) is 7.29. The van der Waals surface area contributed by atoms with Gasteiger partial charge < -0.3 is 14.8 Å². The lowest BCUT2D eigenvalue weighted by atomic mass is 9.94. The van der Waals surface area contributed by atoms with Crippen LogP contribution in [-0.4, -0.2) is 24.6 Å². The number of fused-ring (bicyclic) bond motifs is 1. The molecule has 0 radical (unpaired) electrons. The van der Waals surface area contributed by atoms with Gasteiger partial charge in [-0.3, -0.25) is 14.5 Å². The average Bonchev–Trinajstić information content (AvgIpc) is 3.55. The topological polar surface area (TPSA) is 67.9 Å². The number of anilines is 1. The lowest BCUT2D eigenvalue weighted by molar-refractivity contribution is -0.123. The molecule has 1 aliphatic heterocycles. The van der Waals surface area contributed by atoms with Gasteiger partial charge >= 0.3 is 0 Å². The van der Waals surface area contributed by atoms with Crippen LogP contribution in [0.25, 0.3) is 0 Å². The van der Waals surface area contributed by atoms with Crippen LogP contribution in [0.2, 0.25) is 0 Å². The average molecular weight is 477 g/mol. The first-order valence-electron chi connectivity index (χ1n) is 11.7. The standard InChI is InChI=1S/C27H28N2O4S/c1-18-9-11-19(12-10-18)25(26(30)28-20-6-3-2-4-7-20)29(27(31)24-8-5-15-34-24)21-13-14-22-23(16-21)33-17-32-22/h5,8-16,20,25H,2-4,6-7,17H2,1H3,(H,28,30)/t25-/m0/s1. The van der Waals surface area contributed by atoms with Crippen molar-refractivity contribution in [2.45, 2.75) is 51.1 Å². The molecule has 0 saturated heterocycles. The fourth-order valence-electron chi connectivity index (χ4n) is 4.63. The fourth-order valence-corrected chi connectivity index (χ4v) is 5.29. The molecular weight excluding hydrogens is 448 g/mol. The van der Waals surface area contributed by atoms with Crippen LogP contribution in [0.5, 0.6) is 11.5 Å². The fraction of sp³-hybridized carbons (Fsp3) is 0.333. The minimum atomic E-state index is -0.822. The molecule has 0 spiro atoms. The third-order valence-electron chi connectivity index (χ3n) is 6.44. The Morgan fingerprint density at radius 1 is 1.00 bits per heavy atom. The van der Waals surface area contributed by atoms with E-state index in [0.717, 1.165) is 36.8 Å². The molecule has 1 aromatic heterocycles. The Morgan fingerprint density at radius 2 is 1.76 bits per heavy atom. The smallest absolute Gasteiger partial charge is 0.269 e. The third kappa shape index (κ3) is 4.66. The molecule has 3 aromatic rings. The molecule has 5 rings (SSSR count). The highest BCUT2D eigenvalue weighted by atomic mass is 32.1. The number of rotatable bonds is 6. The highest BCUT2D eigenvalue weighted by Crippen LogP contribution is 2.39. The largest absolute Gasteiger partial charge is 0.454 e. The zero-order valence-corrected chi connectivity index (χ0v) is 20.0. The van der Waals surface area contributed by atoms with Crippen LogP contribution in [0, 0.1) is 6.92 Å². The molecule has 1 aliphatic carbocycles. The van der Waals surface area contributed by atoms with Gasteiger partial charge in [0.15, 0.2) is 11.5 Å². The minimum Gasteiger partial charge on any atom is -0.454 e. The predicted octanol–water partition coefficient (Wildman–Crippen LogP) is 5.62. The van der Waals surface area contributed by atoms with E-state index in [4.69, 9.17) is 9.47 Å². The molecule has 2 amide bonds. The van der Waals surface area contributed by atoms with Crippen LogP contribution >= 0.6 is 11.3 Å². The normalized spacial score (nSPS) is 16.1. The van der Waals surface area contributed by atoms with E-state index < -0.39 is 6.04 Å². The zero-order valence-electron chi connectivity index (χ0n) is 19.2. The lowest BCUT2D eigenvalue weighted by Gasteiger charge is -2.33. The number of hydrogen-bond acceptors (Lipinski definition) is 5. The van der Waals surface area contributed by atoms with Gasteiger partial charge in [-0.1, -0.05) is 55.2 Å². The van der Waals surface area contributed by atoms with Crippen molar-refractivity contribution in [3.8, 4) is 11.5 Å². The van der Waals surface area contributed by atoms with Crippen LogP contribution in [0.15, 0.2) is 60.0 Å². The molecule has 176 valence electrons. The van der Waals surface area contributed by atoms with E-state index in [-0.39, 0.29) is 24.6 Å². The van der Waals surface area contributed by atoms with E-state index in [1.54, 1.807) is 23.1 Å². The number of benzene rings is 2. The Morgan fingerprint density at radius 3 is 2.50 bits per heavy atom. The maximum absolute atomic E-state index is 13.9. The number of hydrogen-bond donors (Lipinski definition) is 1. The molecule has 34 heavy (non-hydrogen) atoms. The summed E-state index contributed by atoms with van der Waals surface area (Å²) >= 11 is 1.36. The molecule has 1 fully saturated rings. The van der Waals surface area contributed by atoms with Gasteiger partial charge in [0.1, 0.15) is 6.04 Å². The van der Waals surface area contributed by atoms with Crippen LogP contribution < -0.4 is 19.7 Å². The highest BCUT2D eigenvalue weighted by molar-refractivity contribution is 7.12. The van der Waals surface area contributed by atoms with Crippen molar-refractivity contribution >= 4 is 28.8 Å². The van der Waals surface area contributed by atoms with Gasteiger partial charge in [-0.2, -0.15) is 0 Å². The number of aryl methyl sites for hydroxylation is 1. The molecule has 0 bridgehead atoms. The highest BCUT2D eigenvalue weighted by Gasteiger charge is 2.35. The monoisotopic (exact) mass is 476 g/mol. The SMILES string of the molecule is Cc1ccc([C@@H](C(=O)NC2CCCCC2)N(C(=O)c2cccs2)c2ccc3c(c2)OCO3)cc1. The van der Waals surface area contributed by atoms with Crippen molar-refractivity contribution in [2.75, 3.05) is 11.7 Å². The zero-order chi connectivity index (χ0) is 23.5. The van der Waals surface area contributed by atoms with E-state index >= 15 is 0 Å². The molecule has 6 nitrogen and oxygen atoms in total. The molecule has 1 saturated carbocycles. The molecule has 2 aromatic carbocycles. The summed E-state index contributed by atoms with van der Waals surface area (Å²) in [5.74, 6) is 0.805. The summed E-state index contributed by atoms with van der Waals surface area (Å²) in [6.45, 7) is 2.15. The number of nitrogens with one attached hydrogen (secondary N) is 1. The van der Waals surface area contributed by atoms with Gasteiger partial charge in [-0.25, -0.2) is 0 Å². The van der Waals surface area contributed by atoms with Gasteiger partial charge in [0.25, 0.3) is 5.91 Å². The van der Waals surface area contributed by atoms with Crippen LogP contribution in [-0.2, 0) is 4.79 Å². The number of amides is 2. The van der Waals surface area contributed by atoms with E-state index in [1.165, 1.54) is 17.8 Å². The molecule has 0 unspecified atom stereocenters. The Kier molecular flexibility index (Phi) is 6.54. The number of nitrogens with zero attached hydrogens (tertiary/aromatic N) is 1. The Hall–Kier alpha value is -3.32. The van der Waals surface area contributed by atoms with Gasteiger partial charge in [0.05, 0.1) is 4.88 Å². The summed E-state index contributed by atoms with van der Waals surface area (Å²) in [4.78, 5) is 29.9. The molecular formula is C27H28N2O4S. The van der Waals surface area contributed by atoms with Crippen LogP contribution in [0.3, 0.4) is 0 Å². The number of ether oxygens (including phenoxy) is 2. The Bertz CT molecular complexity index is 1150. The summed E-state index contributed by atoms with van der Waals surface area (Å²) in [5.41, 5.74) is 2.45. The minimum absolute atomic E-state index is 0.129. The molecule has 7 heteroatoms. The van der Waals surface area contributed by atoms with Gasteiger partial charge in [-0.05, 0) is 48.9 Å². The quantitative estimate of drug-likeness (QED) is 0.501. The number of thiophene rings is 1. The lowest BCUT2D eigenvalue weighted by Crippen LogP contribution is -2.47. The summed E-state index contributed by atoms with van der Waals surface area (Å²) in [6.07, 6.45) is 5.36. The van der Waals surface area contributed by atoms with Gasteiger partial charge in [0, 0.05) is 17.8 Å². The van der Waals surface area contributed by atoms with E-state index in [2.05, 4.69) is 5.32 Å². The van der Waals surface area contributed by atoms with Crippen molar-refractivity contribution < 1.29 is 19.1 Å². The first-order valence-corrected chi connectivity index (χ1v) is 12.6. The second-order valence-corrected chi connectivity index (χ2v) is 9.79. The molecule has 1 N–H and O–H groups in total. The van der Waals surface area contributed by atoms with E-state index in [0.29, 0.717) is 22.1 Å². The molecule has 1 atom stereocenters. The Labute approximate surface area is 203 Å². The Balaban J connectivity index is 1.58. The first kappa shape index (κ1) is 22.5. The second-order valence-electron chi connectivity index (χ2n) is 8.85. The van der Waals surface area contributed by atoms with Crippen molar-refractivity contribution in [1.82, 2.24) is 5.32 Å². The van der Waals surface area contributed by atoms with Crippen LogP contribution in [0.1, 0.15) is 58.9 Å². The predicted molar refractivity (Wildman–Crippen MR) is 133 cm³/mol. The van der Waals surface area contributed by atoms with E-state index in [1.807, 2.05) is 48.7 Å². The second kappa shape index (κ2) is 9.89. The van der Waals surface area contributed by atoms with Gasteiger partial charge in [-0.15, -0.1) is 11.3 Å². The van der Waals surface area contributed by atoms with Crippen LogP contribution in [0.4, 0.5) is 5.69 Å². The molecule has 2 aliphatic rings. The maximum atomic E-state index is 13.9. The maximum Gasteiger partial charge on any atom is 0.269 e. The van der Waals surface area contributed by atoms with Gasteiger partial charge in [0.2, 0.25) is 12.7 Å². The van der Waals surface area contributed by atoms with Crippen molar-refractivity contribution in [2.24, 2.45) is 0 Å². The van der Waals surface area contributed by atoms with Crippen molar-refractivity contribution in [3.05, 3.63) is 76.0 Å². The first-order chi connectivity index (χ1) is 16.6. The summed E-state index contributed by atoms with van der Waals surface area (Å²) in [7, 11) is 0. The summed E-state index contributed by atoms with van der Waals surface area (Å²) in [5, 5.41) is 5.12. The number of carbonyl (C=O) groups is 2. The number of carbonyl (C=O) groups excluding carboxylic acids is 2. The summed E-state index contributed by atoms with van der Waals surface area (Å²) in [6, 6.07) is 16.1.